The number of halogens is 1. The Hall–Kier alpha value is -2.28. The number of nitrogens with zero attached hydrogens (tertiary/aromatic N) is 1. The van der Waals surface area contributed by atoms with E-state index in [1.54, 1.807) is 13.8 Å². The van der Waals surface area contributed by atoms with Crippen molar-refractivity contribution < 1.29 is 14.4 Å². The summed E-state index contributed by atoms with van der Waals surface area (Å²) in [5.41, 5.74) is 7.75. The number of carbonyl (C=O) groups excluding carboxylic acids is 3. The van der Waals surface area contributed by atoms with E-state index in [1.165, 1.54) is 4.90 Å². The van der Waals surface area contributed by atoms with Crippen molar-refractivity contribution in [1.82, 2.24) is 15.5 Å². The van der Waals surface area contributed by atoms with E-state index in [9.17, 15) is 14.4 Å². The molecule has 0 spiro atoms. The van der Waals surface area contributed by atoms with Crippen LogP contribution in [0.5, 0.6) is 0 Å². The first-order valence-electron chi connectivity index (χ1n) is 8.10. The maximum Gasteiger partial charge on any atom is 0.325 e. The lowest BCUT2D eigenvalue weighted by Gasteiger charge is -2.30. The molecule has 1 aromatic carbocycles. The second kappa shape index (κ2) is 6.92. The Balaban J connectivity index is 0.00000225. The molecule has 8 heteroatoms. The molecule has 3 rings (SSSR count). The fourth-order valence-electron chi connectivity index (χ4n) is 3.33. The highest BCUT2D eigenvalue weighted by molar-refractivity contribution is 6.07. The summed E-state index contributed by atoms with van der Waals surface area (Å²) in [6.07, 6.45) is 2.76. The molecule has 136 valence electrons. The van der Waals surface area contributed by atoms with E-state index in [1.807, 2.05) is 18.2 Å². The molecule has 7 nitrogen and oxygen atoms in total. The SMILES string of the molecule is CC1(C)C(=O)NC(=O)N1CC(=O)NC1CCCc2cc(N)ccc21.Cl. The van der Waals surface area contributed by atoms with Gasteiger partial charge in [0.25, 0.3) is 5.91 Å². The van der Waals surface area contributed by atoms with Crippen LogP contribution in [0.1, 0.15) is 43.9 Å². The third-order valence-electron chi connectivity index (χ3n) is 4.81. The number of carbonyl (C=O) groups is 3. The van der Waals surface area contributed by atoms with Crippen LogP contribution >= 0.6 is 12.4 Å². The van der Waals surface area contributed by atoms with Crippen LogP contribution in [0.2, 0.25) is 0 Å². The molecule has 0 bridgehead atoms. The highest BCUT2D eigenvalue weighted by atomic mass is 35.5. The van der Waals surface area contributed by atoms with Crippen LogP contribution in [0.3, 0.4) is 0 Å². The zero-order chi connectivity index (χ0) is 17.5. The maximum absolute atomic E-state index is 12.4. The van der Waals surface area contributed by atoms with Gasteiger partial charge < -0.3 is 16.0 Å². The van der Waals surface area contributed by atoms with Crippen molar-refractivity contribution >= 4 is 35.9 Å². The number of hydrogen-bond acceptors (Lipinski definition) is 4. The number of aryl methyl sites for hydroxylation is 1. The Bertz CT molecular complexity index is 720. The van der Waals surface area contributed by atoms with Gasteiger partial charge in [-0.1, -0.05) is 6.07 Å². The molecule has 0 aromatic heterocycles. The van der Waals surface area contributed by atoms with E-state index in [4.69, 9.17) is 5.73 Å². The Morgan fingerprint density at radius 1 is 1.40 bits per heavy atom. The summed E-state index contributed by atoms with van der Waals surface area (Å²) in [7, 11) is 0. The number of benzene rings is 1. The summed E-state index contributed by atoms with van der Waals surface area (Å²) in [4.78, 5) is 37.3. The topological polar surface area (TPSA) is 105 Å². The number of anilines is 1. The molecular formula is C17H23ClN4O3. The molecule has 1 aromatic rings. The van der Waals surface area contributed by atoms with Gasteiger partial charge in [0.05, 0.1) is 6.04 Å². The van der Waals surface area contributed by atoms with E-state index in [2.05, 4.69) is 10.6 Å². The third kappa shape index (κ3) is 3.56. The lowest BCUT2D eigenvalue weighted by molar-refractivity contribution is -0.127. The molecule has 1 aliphatic carbocycles. The Morgan fingerprint density at radius 3 is 2.76 bits per heavy atom. The number of rotatable bonds is 3. The average Bonchev–Trinajstić information content (AvgIpc) is 2.69. The first-order chi connectivity index (χ1) is 11.3. The number of fused-ring (bicyclic) bond motifs is 1. The van der Waals surface area contributed by atoms with Crippen molar-refractivity contribution in [3.63, 3.8) is 0 Å². The van der Waals surface area contributed by atoms with E-state index in [0.717, 1.165) is 36.1 Å². The standard InChI is InChI=1S/C17H22N4O3.ClH/c1-17(2)15(23)20-16(24)21(17)9-14(22)19-13-5-3-4-10-8-11(18)6-7-12(10)13;/h6-8,13H,3-5,9,18H2,1-2H3,(H,19,22)(H,20,23,24);1H. The van der Waals surface area contributed by atoms with Gasteiger partial charge in [-0.2, -0.15) is 0 Å². The average molecular weight is 367 g/mol. The molecule has 25 heavy (non-hydrogen) atoms. The van der Waals surface area contributed by atoms with E-state index < -0.39 is 17.5 Å². The van der Waals surface area contributed by atoms with Crippen molar-refractivity contribution in [3.05, 3.63) is 29.3 Å². The molecule has 0 saturated carbocycles. The van der Waals surface area contributed by atoms with Crippen LogP contribution in [0.15, 0.2) is 18.2 Å². The number of amides is 4. The lowest BCUT2D eigenvalue weighted by atomic mass is 9.87. The highest BCUT2D eigenvalue weighted by Crippen LogP contribution is 2.31. The number of hydrogen-bond donors (Lipinski definition) is 3. The first kappa shape index (κ1) is 19.1. The van der Waals surface area contributed by atoms with Crippen LogP contribution < -0.4 is 16.4 Å². The van der Waals surface area contributed by atoms with Crippen LogP contribution in [0.4, 0.5) is 10.5 Å². The van der Waals surface area contributed by atoms with E-state index >= 15 is 0 Å². The molecule has 1 heterocycles. The normalized spacial score (nSPS) is 21.2. The van der Waals surface area contributed by atoms with Crippen molar-refractivity contribution in [3.8, 4) is 0 Å². The molecule has 1 unspecified atom stereocenters. The number of nitrogens with two attached hydrogens (primary N) is 1. The molecule has 1 saturated heterocycles. The highest BCUT2D eigenvalue weighted by Gasteiger charge is 2.46. The Labute approximate surface area is 152 Å². The zero-order valence-corrected chi connectivity index (χ0v) is 15.1. The minimum atomic E-state index is -1.02. The summed E-state index contributed by atoms with van der Waals surface area (Å²) in [6.45, 7) is 3.10. The third-order valence-corrected chi connectivity index (χ3v) is 4.81. The van der Waals surface area contributed by atoms with E-state index in [-0.39, 0.29) is 30.9 Å². The number of urea groups is 1. The van der Waals surface area contributed by atoms with Gasteiger partial charge in [0.2, 0.25) is 5.91 Å². The predicted molar refractivity (Wildman–Crippen MR) is 96.2 cm³/mol. The maximum atomic E-state index is 12.4. The second-order valence-corrected chi connectivity index (χ2v) is 6.88. The number of nitrogen functional groups attached to an aromatic ring is 1. The van der Waals surface area contributed by atoms with Crippen molar-refractivity contribution in [2.75, 3.05) is 12.3 Å². The van der Waals surface area contributed by atoms with Gasteiger partial charge in [-0.15, -0.1) is 12.4 Å². The fraction of sp³-hybridized carbons (Fsp3) is 0.471. The Kier molecular flexibility index (Phi) is 5.27. The molecule has 1 fully saturated rings. The fourth-order valence-corrected chi connectivity index (χ4v) is 3.33. The van der Waals surface area contributed by atoms with Gasteiger partial charge >= 0.3 is 6.03 Å². The van der Waals surface area contributed by atoms with Crippen LogP contribution in [0.25, 0.3) is 0 Å². The minimum absolute atomic E-state index is 0. The monoisotopic (exact) mass is 366 g/mol. The lowest BCUT2D eigenvalue weighted by Crippen LogP contribution is -2.49. The van der Waals surface area contributed by atoms with Gasteiger partial charge in [0.15, 0.2) is 0 Å². The number of imide groups is 1. The molecule has 2 aliphatic rings. The molecule has 0 radical (unpaired) electrons. The molecule has 4 amide bonds. The summed E-state index contributed by atoms with van der Waals surface area (Å²) in [6, 6.07) is 5.11. The van der Waals surface area contributed by atoms with Crippen LogP contribution in [0, 0.1) is 0 Å². The summed E-state index contributed by atoms with van der Waals surface area (Å²) in [5.74, 6) is -0.665. The van der Waals surface area contributed by atoms with Gasteiger partial charge in [0, 0.05) is 5.69 Å². The zero-order valence-electron chi connectivity index (χ0n) is 14.3. The van der Waals surface area contributed by atoms with Gasteiger partial charge in [-0.05, 0) is 56.4 Å². The minimum Gasteiger partial charge on any atom is -0.399 e. The van der Waals surface area contributed by atoms with Crippen molar-refractivity contribution in [1.29, 1.82) is 0 Å². The van der Waals surface area contributed by atoms with Gasteiger partial charge in [-0.25, -0.2) is 4.79 Å². The summed E-state index contributed by atoms with van der Waals surface area (Å²) >= 11 is 0. The van der Waals surface area contributed by atoms with Gasteiger partial charge in [0.1, 0.15) is 12.1 Å². The second-order valence-electron chi connectivity index (χ2n) is 6.88. The smallest absolute Gasteiger partial charge is 0.325 e. The van der Waals surface area contributed by atoms with E-state index in [0.29, 0.717) is 0 Å². The van der Waals surface area contributed by atoms with Crippen molar-refractivity contribution in [2.45, 2.75) is 44.7 Å². The van der Waals surface area contributed by atoms with Crippen LogP contribution in [-0.4, -0.2) is 34.8 Å². The molecular weight excluding hydrogens is 344 g/mol. The molecule has 1 atom stereocenters. The Morgan fingerprint density at radius 2 is 2.12 bits per heavy atom. The quantitative estimate of drug-likeness (QED) is 0.557. The van der Waals surface area contributed by atoms with Crippen LogP contribution in [-0.2, 0) is 16.0 Å². The molecule has 1 aliphatic heterocycles. The molecule has 4 N–H and O–H groups in total. The van der Waals surface area contributed by atoms with Crippen molar-refractivity contribution in [2.24, 2.45) is 0 Å². The predicted octanol–water partition coefficient (Wildman–Crippen LogP) is 1.51. The largest absolute Gasteiger partial charge is 0.399 e. The summed E-state index contributed by atoms with van der Waals surface area (Å²) < 4.78 is 0. The first-order valence-corrected chi connectivity index (χ1v) is 8.10. The van der Waals surface area contributed by atoms with Gasteiger partial charge in [-0.3, -0.25) is 14.9 Å². The number of nitrogens with one attached hydrogen (secondary N) is 2. The summed E-state index contributed by atoms with van der Waals surface area (Å²) in [5, 5.41) is 5.22.